The molecule has 2 rings (SSSR count). The van der Waals surface area contributed by atoms with Gasteiger partial charge in [-0.1, -0.05) is 41.5 Å². The maximum atomic E-state index is 13.3. The molecule has 1 aliphatic heterocycles. The zero-order chi connectivity index (χ0) is 26.6. The Kier molecular flexibility index (Phi) is 8.43. The summed E-state index contributed by atoms with van der Waals surface area (Å²) in [6.45, 7) is 10.3. The van der Waals surface area contributed by atoms with Crippen molar-refractivity contribution < 1.29 is 24.0 Å². The van der Waals surface area contributed by atoms with Gasteiger partial charge in [0.15, 0.2) is 0 Å². The molecule has 1 atom stereocenters. The van der Waals surface area contributed by atoms with Crippen molar-refractivity contribution in [2.75, 3.05) is 24.1 Å². The van der Waals surface area contributed by atoms with Crippen LogP contribution in [-0.2, 0) is 24.0 Å². The maximum absolute atomic E-state index is 13.3. The van der Waals surface area contributed by atoms with Crippen molar-refractivity contribution in [2.24, 2.45) is 16.7 Å². The van der Waals surface area contributed by atoms with Crippen LogP contribution >= 0.6 is 0 Å². The fourth-order valence-electron chi connectivity index (χ4n) is 3.39. The Bertz CT molecular complexity index is 1010. The topological polar surface area (TPSA) is 151 Å². The van der Waals surface area contributed by atoms with Gasteiger partial charge in [-0.25, -0.2) is 0 Å². The summed E-state index contributed by atoms with van der Waals surface area (Å²) in [6, 6.07) is 5.70. The highest BCUT2D eigenvalue weighted by Gasteiger charge is 2.47. The lowest BCUT2D eigenvalue weighted by molar-refractivity contribution is -0.146. The van der Waals surface area contributed by atoms with Crippen LogP contribution in [0.1, 0.15) is 41.5 Å². The van der Waals surface area contributed by atoms with Crippen LogP contribution in [0.2, 0.25) is 0 Å². The average Bonchev–Trinajstić information content (AvgIpc) is 3.08. The standard InChI is InChI=1S/C25H35N5O5/c1-15(2)21(22(34)27-13-18(31)28-17-9-7-16(26)8-10-17)29-23(35)25(5,6)24(3,4)14-30-19(32)11-12-20(30)33/h7-12,15,21H,13-14,26H2,1-6H3,(H,27,34)(H,28,31)(H,29,35). The molecule has 0 aliphatic carbocycles. The lowest BCUT2D eigenvalue weighted by Gasteiger charge is -2.42. The molecule has 0 fully saturated rings. The summed E-state index contributed by atoms with van der Waals surface area (Å²) >= 11 is 0. The second-order valence-corrected chi connectivity index (χ2v) is 10.2. The van der Waals surface area contributed by atoms with Gasteiger partial charge in [-0.3, -0.25) is 28.9 Å². The third-order valence-electron chi connectivity index (χ3n) is 6.57. The molecule has 190 valence electrons. The number of benzene rings is 1. The van der Waals surface area contributed by atoms with Crippen molar-refractivity contribution >= 4 is 40.9 Å². The summed E-state index contributed by atoms with van der Waals surface area (Å²) in [6.07, 6.45) is 2.40. The molecule has 5 N–H and O–H groups in total. The molecule has 1 aliphatic rings. The Hall–Kier alpha value is -3.69. The molecular weight excluding hydrogens is 450 g/mol. The number of nitrogen functional groups attached to an aromatic ring is 1. The molecule has 1 unspecified atom stereocenters. The first-order valence-electron chi connectivity index (χ1n) is 11.4. The predicted molar refractivity (Wildman–Crippen MR) is 133 cm³/mol. The van der Waals surface area contributed by atoms with Gasteiger partial charge in [0.1, 0.15) is 6.04 Å². The quantitative estimate of drug-likeness (QED) is 0.291. The zero-order valence-corrected chi connectivity index (χ0v) is 21.1. The number of nitrogens with zero attached hydrogens (tertiary/aromatic N) is 1. The number of rotatable bonds is 10. The van der Waals surface area contributed by atoms with Gasteiger partial charge >= 0.3 is 0 Å². The van der Waals surface area contributed by atoms with E-state index in [-0.39, 0.29) is 19.0 Å². The van der Waals surface area contributed by atoms with E-state index in [9.17, 15) is 24.0 Å². The maximum Gasteiger partial charge on any atom is 0.253 e. The minimum Gasteiger partial charge on any atom is -0.399 e. The fourth-order valence-corrected chi connectivity index (χ4v) is 3.39. The molecule has 0 radical (unpaired) electrons. The Morgan fingerprint density at radius 2 is 1.51 bits per heavy atom. The van der Waals surface area contributed by atoms with Gasteiger partial charge < -0.3 is 21.7 Å². The van der Waals surface area contributed by atoms with E-state index in [0.29, 0.717) is 11.4 Å². The number of carbonyl (C=O) groups excluding carboxylic acids is 5. The van der Waals surface area contributed by atoms with Crippen LogP contribution in [0.25, 0.3) is 0 Å². The van der Waals surface area contributed by atoms with E-state index in [1.807, 2.05) is 0 Å². The van der Waals surface area contributed by atoms with Gasteiger partial charge in [0.05, 0.1) is 12.0 Å². The van der Waals surface area contributed by atoms with Gasteiger partial charge in [0.2, 0.25) is 17.7 Å². The molecule has 5 amide bonds. The summed E-state index contributed by atoms with van der Waals surface area (Å²) in [4.78, 5) is 63.4. The predicted octanol–water partition coefficient (Wildman–Crippen LogP) is 1.44. The number of amides is 5. The first kappa shape index (κ1) is 27.6. The highest BCUT2D eigenvalue weighted by molar-refractivity contribution is 6.13. The lowest BCUT2D eigenvalue weighted by atomic mass is 9.66. The molecule has 0 saturated heterocycles. The van der Waals surface area contributed by atoms with Crippen molar-refractivity contribution in [3.05, 3.63) is 36.4 Å². The second kappa shape index (κ2) is 10.7. The average molecular weight is 486 g/mol. The van der Waals surface area contributed by atoms with E-state index in [0.717, 1.165) is 4.90 Å². The fraction of sp³-hybridized carbons (Fsp3) is 0.480. The van der Waals surface area contributed by atoms with Crippen LogP contribution in [0.4, 0.5) is 11.4 Å². The minimum atomic E-state index is -1.05. The third kappa shape index (κ3) is 6.68. The highest BCUT2D eigenvalue weighted by atomic mass is 16.2. The number of hydrogen-bond donors (Lipinski definition) is 4. The highest BCUT2D eigenvalue weighted by Crippen LogP contribution is 2.40. The number of anilines is 2. The minimum absolute atomic E-state index is 0.0436. The van der Waals surface area contributed by atoms with Gasteiger partial charge in [0.25, 0.3) is 11.8 Å². The number of nitrogens with two attached hydrogens (primary N) is 1. The molecule has 10 nitrogen and oxygen atoms in total. The number of carbonyl (C=O) groups is 5. The number of imide groups is 1. The molecule has 0 bridgehead atoms. The largest absolute Gasteiger partial charge is 0.399 e. The Morgan fingerprint density at radius 3 is 2.03 bits per heavy atom. The third-order valence-corrected chi connectivity index (χ3v) is 6.57. The van der Waals surface area contributed by atoms with Gasteiger partial charge in [-0.05, 0) is 35.6 Å². The van der Waals surface area contributed by atoms with E-state index in [1.165, 1.54) is 12.2 Å². The van der Waals surface area contributed by atoms with Crippen LogP contribution in [0.3, 0.4) is 0 Å². The Morgan fingerprint density at radius 1 is 0.971 bits per heavy atom. The van der Waals surface area contributed by atoms with Gasteiger partial charge in [-0.2, -0.15) is 0 Å². The van der Waals surface area contributed by atoms with Gasteiger partial charge in [0, 0.05) is 30.1 Å². The molecule has 1 aromatic carbocycles. The molecule has 1 heterocycles. The van der Waals surface area contributed by atoms with E-state index in [4.69, 9.17) is 5.73 Å². The molecule has 0 saturated carbocycles. The van der Waals surface area contributed by atoms with Crippen molar-refractivity contribution in [1.29, 1.82) is 0 Å². The van der Waals surface area contributed by atoms with E-state index in [2.05, 4.69) is 16.0 Å². The van der Waals surface area contributed by atoms with Crippen LogP contribution in [0, 0.1) is 16.7 Å². The van der Waals surface area contributed by atoms with Crippen LogP contribution < -0.4 is 21.7 Å². The van der Waals surface area contributed by atoms with Crippen molar-refractivity contribution in [3.63, 3.8) is 0 Å². The molecule has 35 heavy (non-hydrogen) atoms. The van der Waals surface area contributed by atoms with Crippen molar-refractivity contribution in [3.8, 4) is 0 Å². The normalized spacial score (nSPS) is 14.8. The first-order chi connectivity index (χ1) is 16.2. The second-order valence-electron chi connectivity index (χ2n) is 10.2. The van der Waals surface area contributed by atoms with E-state index >= 15 is 0 Å². The van der Waals surface area contributed by atoms with E-state index < -0.39 is 46.4 Å². The summed E-state index contributed by atoms with van der Waals surface area (Å²) in [7, 11) is 0. The molecule has 0 spiro atoms. The Labute approximate surface area is 205 Å². The molecule has 10 heteroatoms. The molecular formula is C25H35N5O5. The van der Waals surface area contributed by atoms with E-state index in [1.54, 1.807) is 65.8 Å². The summed E-state index contributed by atoms with van der Waals surface area (Å²) in [5.74, 6) is -2.43. The van der Waals surface area contributed by atoms with Gasteiger partial charge in [-0.15, -0.1) is 0 Å². The Balaban J connectivity index is 2.01. The first-order valence-corrected chi connectivity index (χ1v) is 11.4. The monoisotopic (exact) mass is 485 g/mol. The zero-order valence-electron chi connectivity index (χ0n) is 21.1. The summed E-state index contributed by atoms with van der Waals surface area (Å²) < 4.78 is 0. The van der Waals surface area contributed by atoms with Crippen LogP contribution in [0.5, 0.6) is 0 Å². The number of hydrogen-bond acceptors (Lipinski definition) is 6. The van der Waals surface area contributed by atoms with Crippen molar-refractivity contribution in [1.82, 2.24) is 15.5 Å². The summed E-state index contributed by atoms with van der Waals surface area (Å²) in [5, 5.41) is 8.01. The molecule has 1 aromatic rings. The smallest absolute Gasteiger partial charge is 0.253 e. The number of nitrogens with one attached hydrogen (secondary N) is 3. The van der Waals surface area contributed by atoms with Crippen LogP contribution in [-0.4, -0.2) is 53.6 Å². The SMILES string of the molecule is CC(C)C(NC(=O)C(C)(C)C(C)(C)CN1C(=O)C=CC1=O)C(=O)NCC(=O)Nc1ccc(N)cc1. The van der Waals surface area contributed by atoms with Crippen molar-refractivity contribution in [2.45, 2.75) is 47.6 Å². The van der Waals surface area contributed by atoms with Crippen LogP contribution in [0.15, 0.2) is 36.4 Å². The summed E-state index contributed by atoms with van der Waals surface area (Å²) in [5.41, 5.74) is 4.89. The molecule has 0 aromatic heterocycles. The lowest BCUT2D eigenvalue weighted by Crippen LogP contribution is -2.57.